The molecule has 3 aromatic rings. The summed E-state index contributed by atoms with van der Waals surface area (Å²) in [6.07, 6.45) is 10.4. The van der Waals surface area contributed by atoms with Crippen molar-refractivity contribution in [1.82, 2.24) is 15.0 Å². The molecule has 0 bridgehead atoms. The number of nitrogens with zero attached hydrogens (tertiary/aromatic N) is 3. The van der Waals surface area contributed by atoms with Crippen molar-refractivity contribution >= 4 is 11.4 Å². The Kier molecular flexibility index (Phi) is 6.24. The zero-order valence-corrected chi connectivity index (χ0v) is 20.5. The Hall–Kier alpha value is -3.38. The minimum absolute atomic E-state index is 0.0199. The molecule has 35 heavy (non-hydrogen) atoms. The van der Waals surface area contributed by atoms with Crippen molar-refractivity contribution in [2.45, 2.75) is 51.4 Å². The molecule has 1 fully saturated rings. The number of methoxy groups -OCH3 is 1. The summed E-state index contributed by atoms with van der Waals surface area (Å²) in [5.41, 5.74) is 7.02. The standard InChI is InChI=1S/C29H31N3O3/c1-18(7-11-33)27(34)20-4-5-25-22(13-20)14-21(6-8-29(25)9-10-29)28-30-16-23(17-31-28)26-15-24(35-3)12-19(2)32-26/h4-6,12-13,15-18,33H,7-11,14H2,1-3H3. The molecule has 180 valence electrons. The third-order valence-corrected chi connectivity index (χ3v) is 7.34. The smallest absolute Gasteiger partial charge is 0.165 e. The minimum atomic E-state index is -0.196. The van der Waals surface area contributed by atoms with Gasteiger partial charge >= 0.3 is 0 Å². The number of aromatic nitrogens is 3. The van der Waals surface area contributed by atoms with Crippen LogP contribution in [0.3, 0.4) is 0 Å². The number of hydrogen-bond acceptors (Lipinski definition) is 6. The van der Waals surface area contributed by atoms with Gasteiger partial charge in [0.1, 0.15) is 5.75 Å². The molecule has 0 amide bonds. The summed E-state index contributed by atoms with van der Waals surface area (Å²) in [6.45, 7) is 3.84. The number of hydrogen-bond donors (Lipinski definition) is 1. The molecule has 1 aromatic carbocycles. The van der Waals surface area contributed by atoms with Gasteiger partial charge in [-0.05, 0) is 60.8 Å². The van der Waals surface area contributed by atoms with Gasteiger partial charge in [0.25, 0.3) is 0 Å². The molecular formula is C29H31N3O3. The van der Waals surface area contributed by atoms with Crippen molar-refractivity contribution in [3.8, 4) is 17.0 Å². The van der Waals surface area contributed by atoms with Crippen LogP contribution in [0.15, 0.2) is 48.8 Å². The predicted molar refractivity (Wildman–Crippen MR) is 135 cm³/mol. The lowest BCUT2D eigenvalue weighted by molar-refractivity contribution is 0.0908. The number of aliphatic hydroxyl groups excluding tert-OH is 1. The first-order chi connectivity index (χ1) is 16.9. The second kappa shape index (κ2) is 9.34. The number of carbonyl (C=O) groups excluding carboxylic acids is 1. The van der Waals surface area contributed by atoms with Gasteiger partial charge in [-0.25, -0.2) is 9.97 Å². The highest BCUT2D eigenvalue weighted by molar-refractivity contribution is 5.98. The highest BCUT2D eigenvalue weighted by Gasteiger charge is 2.45. The molecule has 0 saturated heterocycles. The Morgan fingerprint density at radius 3 is 2.63 bits per heavy atom. The van der Waals surface area contributed by atoms with Gasteiger partial charge in [-0.3, -0.25) is 9.78 Å². The number of fused-ring (bicyclic) bond motifs is 2. The fourth-order valence-electron chi connectivity index (χ4n) is 5.05. The van der Waals surface area contributed by atoms with Crippen molar-refractivity contribution in [3.05, 3.63) is 77.0 Å². The van der Waals surface area contributed by atoms with Gasteiger partial charge in [0.05, 0.1) is 12.8 Å². The van der Waals surface area contributed by atoms with E-state index in [1.165, 1.54) is 24.0 Å². The van der Waals surface area contributed by atoms with Gasteiger partial charge in [-0.2, -0.15) is 0 Å². The van der Waals surface area contributed by atoms with Gasteiger partial charge in [0.2, 0.25) is 0 Å². The fraction of sp³-hybridized carbons (Fsp3) is 0.379. The van der Waals surface area contributed by atoms with E-state index in [1.807, 2.05) is 44.4 Å². The van der Waals surface area contributed by atoms with Crippen LogP contribution in [0, 0.1) is 12.8 Å². The number of benzene rings is 1. The number of ether oxygens (including phenoxy) is 1. The number of rotatable bonds is 7. The lowest BCUT2D eigenvalue weighted by Crippen LogP contribution is -2.14. The first-order valence-corrected chi connectivity index (χ1v) is 12.3. The van der Waals surface area contributed by atoms with E-state index in [2.05, 4.69) is 23.2 Å². The first kappa shape index (κ1) is 23.4. The number of aryl methyl sites for hydroxylation is 1. The highest BCUT2D eigenvalue weighted by atomic mass is 16.5. The Morgan fingerprint density at radius 1 is 1.17 bits per heavy atom. The van der Waals surface area contributed by atoms with Crippen molar-refractivity contribution in [2.75, 3.05) is 13.7 Å². The maximum absolute atomic E-state index is 12.9. The minimum Gasteiger partial charge on any atom is -0.497 e. The summed E-state index contributed by atoms with van der Waals surface area (Å²) in [6, 6.07) is 9.96. The Balaban J connectivity index is 1.45. The van der Waals surface area contributed by atoms with Gasteiger partial charge in [-0.15, -0.1) is 0 Å². The number of aliphatic hydroxyl groups is 1. The molecule has 6 heteroatoms. The second-order valence-corrected chi connectivity index (χ2v) is 9.87. The first-order valence-electron chi connectivity index (χ1n) is 12.3. The molecule has 5 rings (SSSR count). The summed E-state index contributed by atoms with van der Waals surface area (Å²) in [5, 5.41) is 9.25. The van der Waals surface area contributed by atoms with Crippen LogP contribution in [0.5, 0.6) is 5.75 Å². The van der Waals surface area contributed by atoms with E-state index in [0.29, 0.717) is 18.7 Å². The van der Waals surface area contributed by atoms with Crippen molar-refractivity contribution in [1.29, 1.82) is 0 Å². The van der Waals surface area contributed by atoms with Gasteiger partial charge in [0, 0.05) is 60.3 Å². The summed E-state index contributed by atoms with van der Waals surface area (Å²) >= 11 is 0. The molecule has 2 aliphatic rings. The van der Waals surface area contributed by atoms with Crippen LogP contribution < -0.4 is 4.74 Å². The Morgan fingerprint density at radius 2 is 1.94 bits per heavy atom. The number of carbonyl (C=O) groups is 1. The predicted octanol–water partition coefficient (Wildman–Crippen LogP) is 5.12. The van der Waals surface area contributed by atoms with E-state index in [0.717, 1.165) is 40.3 Å². The molecule has 6 nitrogen and oxygen atoms in total. The fourth-order valence-corrected chi connectivity index (χ4v) is 5.05. The van der Waals surface area contributed by atoms with Crippen LogP contribution in [-0.2, 0) is 11.8 Å². The molecule has 2 aromatic heterocycles. The average molecular weight is 470 g/mol. The van der Waals surface area contributed by atoms with Crippen molar-refractivity contribution in [2.24, 2.45) is 5.92 Å². The number of pyridine rings is 1. The molecule has 1 unspecified atom stereocenters. The van der Waals surface area contributed by atoms with E-state index in [4.69, 9.17) is 14.7 Å². The topological polar surface area (TPSA) is 85.2 Å². The van der Waals surface area contributed by atoms with Crippen molar-refractivity contribution < 1.29 is 14.6 Å². The zero-order chi connectivity index (χ0) is 24.6. The van der Waals surface area contributed by atoms with Crippen LogP contribution in [0.4, 0.5) is 0 Å². The second-order valence-electron chi connectivity index (χ2n) is 9.87. The third-order valence-electron chi connectivity index (χ3n) is 7.34. The zero-order valence-electron chi connectivity index (χ0n) is 20.5. The molecule has 2 heterocycles. The Bertz CT molecular complexity index is 1290. The van der Waals surface area contributed by atoms with Gasteiger partial charge in [-0.1, -0.05) is 25.1 Å². The number of allylic oxidation sites excluding steroid dienone is 2. The maximum atomic E-state index is 12.9. The molecule has 0 aliphatic heterocycles. The van der Waals surface area contributed by atoms with Crippen LogP contribution in [0.2, 0.25) is 0 Å². The number of Topliss-reactive ketones (excluding diaryl/α,β-unsaturated/α-hetero) is 1. The average Bonchev–Trinajstić information content (AvgIpc) is 3.68. The molecule has 1 saturated carbocycles. The normalized spacial score (nSPS) is 16.7. The van der Waals surface area contributed by atoms with Crippen LogP contribution in [0.1, 0.15) is 65.6 Å². The third kappa shape index (κ3) is 4.63. The van der Waals surface area contributed by atoms with Crippen LogP contribution in [0.25, 0.3) is 16.8 Å². The maximum Gasteiger partial charge on any atom is 0.165 e. The Labute approximate surface area is 206 Å². The van der Waals surface area contributed by atoms with Crippen LogP contribution in [-0.4, -0.2) is 39.6 Å². The quantitative estimate of drug-likeness (QED) is 0.484. The molecular weight excluding hydrogens is 438 g/mol. The SMILES string of the molecule is COc1cc(C)nc(-c2cnc(C3=CCC4(CC4)c4ccc(C(=O)C(C)CCO)cc4C3)nc2)c1. The van der Waals surface area contributed by atoms with Crippen LogP contribution >= 0.6 is 0 Å². The summed E-state index contributed by atoms with van der Waals surface area (Å²) in [7, 11) is 1.65. The van der Waals surface area contributed by atoms with E-state index in [1.54, 1.807) is 7.11 Å². The largest absolute Gasteiger partial charge is 0.497 e. The molecule has 2 aliphatic carbocycles. The molecule has 1 N–H and O–H groups in total. The highest BCUT2D eigenvalue weighted by Crippen LogP contribution is 2.54. The molecule has 1 spiro atoms. The van der Waals surface area contributed by atoms with Gasteiger partial charge < -0.3 is 9.84 Å². The molecule has 1 atom stereocenters. The van der Waals surface area contributed by atoms with E-state index >= 15 is 0 Å². The van der Waals surface area contributed by atoms with E-state index in [9.17, 15) is 9.90 Å². The number of ketones is 1. The monoisotopic (exact) mass is 469 g/mol. The van der Waals surface area contributed by atoms with E-state index < -0.39 is 0 Å². The lowest BCUT2D eigenvalue weighted by atomic mass is 9.86. The lowest BCUT2D eigenvalue weighted by Gasteiger charge is -2.18. The summed E-state index contributed by atoms with van der Waals surface area (Å²) < 4.78 is 5.38. The van der Waals surface area contributed by atoms with Crippen molar-refractivity contribution in [3.63, 3.8) is 0 Å². The van der Waals surface area contributed by atoms with E-state index in [-0.39, 0.29) is 23.7 Å². The van der Waals surface area contributed by atoms with Gasteiger partial charge in [0.15, 0.2) is 11.6 Å². The summed E-state index contributed by atoms with van der Waals surface area (Å²) in [5.74, 6) is 1.36. The molecule has 0 radical (unpaired) electrons. The summed E-state index contributed by atoms with van der Waals surface area (Å²) in [4.78, 5) is 26.9.